The maximum Gasteiger partial charge on any atom is 0.357 e. The molecule has 0 aliphatic rings. The number of nitrogens with one attached hydrogen (secondary N) is 1. The number of benzene rings is 3. The molecule has 0 radical (unpaired) electrons. The van der Waals surface area contributed by atoms with Crippen LogP contribution in [0.3, 0.4) is 0 Å². The van der Waals surface area contributed by atoms with E-state index in [4.69, 9.17) is 4.74 Å². The number of hydrogen-bond acceptors (Lipinski definition) is 4. The molecule has 0 aromatic heterocycles. The van der Waals surface area contributed by atoms with Crippen LogP contribution in [0.5, 0.6) is 0 Å². The number of aryl methyl sites for hydroxylation is 1. The van der Waals surface area contributed by atoms with Gasteiger partial charge in [-0.2, -0.15) is 0 Å². The Morgan fingerprint density at radius 3 is 2.26 bits per heavy atom. The topological polar surface area (TPSA) is 78.8 Å². The van der Waals surface area contributed by atoms with Crippen LogP contribution in [0, 0.1) is 13.8 Å². The van der Waals surface area contributed by atoms with Gasteiger partial charge >= 0.3 is 5.97 Å². The lowest BCUT2D eigenvalue weighted by Crippen LogP contribution is -2.48. The Kier molecular flexibility index (Phi) is 7.45. The number of carboxylic acids is 1. The smallest absolute Gasteiger partial charge is 0.357 e. The number of rotatable bonds is 10. The third kappa shape index (κ3) is 5.94. The predicted molar refractivity (Wildman–Crippen MR) is 122 cm³/mol. The molecule has 0 aliphatic heterocycles. The van der Waals surface area contributed by atoms with Crippen molar-refractivity contribution in [2.24, 2.45) is 0 Å². The van der Waals surface area contributed by atoms with Gasteiger partial charge in [-0.1, -0.05) is 72.8 Å². The Bertz CT molecular complexity index is 991. The van der Waals surface area contributed by atoms with Gasteiger partial charge in [0.2, 0.25) is 5.72 Å². The average Bonchev–Trinajstić information content (AvgIpc) is 2.77. The van der Waals surface area contributed by atoms with Crippen LogP contribution < -0.4 is 5.32 Å². The minimum atomic E-state index is -2.14. The number of carbonyl (C=O) groups is 1. The summed E-state index contributed by atoms with van der Waals surface area (Å²) in [6, 6.07) is 24.9. The van der Waals surface area contributed by atoms with Gasteiger partial charge < -0.3 is 20.3 Å². The summed E-state index contributed by atoms with van der Waals surface area (Å²) in [5.74, 6) is -1.64. The Hall–Kier alpha value is -3.15. The van der Waals surface area contributed by atoms with E-state index in [1.54, 1.807) is 6.07 Å². The minimum absolute atomic E-state index is 0.0471. The van der Waals surface area contributed by atoms with E-state index in [9.17, 15) is 15.0 Å². The fourth-order valence-corrected chi connectivity index (χ4v) is 3.55. The van der Waals surface area contributed by atoms with E-state index >= 15 is 0 Å². The Labute approximate surface area is 183 Å². The SMILES string of the molecule is Cc1cccc(NC(O)(CC(COCc2ccccc2)c2ccccc2)C(=O)O)c1C. The second-order valence-corrected chi connectivity index (χ2v) is 7.85. The van der Waals surface area contributed by atoms with E-state index in [2.05, 4.69) is 5.32 Å². The highest BCUT2D eigenvalue weighted by molar-refractivity contribution is 5.81. The summed E-state index contributed by atoms with van der Waals surface area (Å²) < 4.78 is 5.92. The lowest BCUT2D eigenvalue weighted by atomic mass is 9.90. The van der Waals surface area contributed by atoms with Gasteiger partial charge in [0.05, 0.1) is 13.2 Å². The zero-order valence-corrected chi connectivity index (χ0v) is 17.9. The van der Waals surface area contributed by atoms with E-state index in [1.807, 2.05) is 86.6 Å². The number of anilines is 1. The molecule has 2 atom stereocenters. The zero-order chi connectivity index (χ0) is 22.3. The molecule has 0 heterocycles. The Morgan fingerprint density at radius 2 is 1.61 bits per heavy atom. The molecule has 0 amide bonds. The van der Waals surface area contributed by atoms with Crippen LogP contribution in [0.25, 0.3) is 0 Å². The first kappa shape index (κ1) is 22.5. The van der Waals surface area contributed by atoms with Gasteiger partial charge in [-0.05, 0) is 42.2 Å². The molecule has 0 bridgehead atoms. The van der Waals surface area contributed by atoms with Crippen LogP contribution in [0.4, 0.5) is 5.69 Å². The molecule has 5 nitrogen and oxygen atoms in total. The van der Waals surface area contributed by atoms with E-state index in [-0.39, 0.29) is 18.9 Å². The molecule has 0 saturated carbocycles. The normalized spacial score (nSPS) is 13.9. The van der Waals surface area contributed by atoms with Crippen LogP contribution in [-0.4, -0.2) is 28.5 Å². The molecule has 0 fully saturated rings. The number of aliphatic carboxylic acids is 1. The monoisotopic (exact) mass is 419 g/mol. The molecule has 162 valence electrons. The fourth-order valence-electron chi connectivity index (χ4n) is 3.55. The van der Waals surface area contributed by atoms with Gasteiger partial charge in [0.1, 0.15) is 0 Å². The minimum Gasteiger partial charge on any atom is -0.478 e. The molecular weight excluding hydrogens is 390 g/mol. The number of hydrogen-bond donors (Lipinski definition) is 3. The van der Waals surface area contributed by atoms with Crippen molar-refractivity contribution < 1.29 is 19.7 Å². The van der Waals surface area contributed by atoms with Crippen LogP contribution in [0.15, 0.2) is 78.9 Å². The molecular formula is C26H29NO4. The summed E-state index contributed by atoms with van der Waals surface area (Å²) in [6.07, 6.45) is -0.0471. The molecule has 0 aliphatic carbocycles. The van der Waals surface area contributed by atoms with Crippen molar-refractivity contribution in [3.63, 3.8) is 0 Å². The first-order chi connectivity index (χ1) is 14.9. The summed E-state index contributed by atoms with van der Waals surface area (Å²) in [5.41, 5.74) is 2.33. The molecule has 5 heteroatoms. The van der Waals surface area contributed by atoms with Crippen molar-refractivity contribution in [3.8, 4) is 0 Å². The lowest BCUT2D eigenvalue weighted by molar-refractivity contribution is -0.156. The highest BCUT2D eigenvalue weighted by Crippen LogP contribution is 2.30. The standard InChI is InChI=1S/C26H29NO4/c1-19-10-9-15-24(20(19)2)27-26(30,25(28)29)16-23(22-13-7-4-8-14-22)18-31-17-21-11-5-3-6-12-21/h3-15,23,27,30H,16-18H2,1-2H3,(H,28,29). The molecule has 31 heavy (non-hydrogen) atoms. The highest BCUT2D eigenvalue weighted by atomic mass is 16.5. The zero-order valence-electron chi connectivity index (χ0n) is 17.9. The molecule has 3 aromatic rings. The predicted octanol–water partition coefficient (Wildman–Crippen LogP) is 4.88. The first-order valence-corrected chi connectivity index (χ1v) is 10.4. The molecule has 3 aromatic carbocycles. The van der Waals surface area contributed by atoms with Crippen molar-refractivity contribution in [1.29, 1.82) is 0 Å². The summed E-state index contributed by atoms with van der Waals surface area (Å²) in [5, 5.41) is 23.9. The summed E-state index contributed by atoms with van der Waals surface area (Å²) in [4.78, 5) is 12.1. The summed E-state index contributed by atoms with van der Waals surface area (Å²) >= 11 is 0. The van der Waals surface area contributed by atoms with Gasteiger partial charge in [-0.15, -0.1) is 0 Å². The van der Waals surface area contributed by atoms with Crippen LogP contribution in [-0.2, 0) is 16.1 Å². The van der Waals surface area contributed by atoms with Crippen LogP contribution in [0.1, 0.15) is 34.6 Å². The maximum absolute atomic E-state index is 12.1. The quantitative estimate of drug-likeness (QED) is 0.408. The van der Waals surface area contributed by atoms with Crippen LogP contribution in [0.2, 0.25) is 0 Å². The van der Waals surface area contributed by atoms with Crippen molar-refractivity contribution in [2.75, 3.05) is 11.9 Å². The van der Waals surface area contributed by atoms with Gasteiger partial charge in [0.15, 0.2) is 0 Å². The van der Waals surface area contributed by atoms with Crippen molar-refractivity contribution in [2.45, 2.75) is 38.5 Å². The average molecular weight is 420 g/mol. The maximum atomic E-state index is 12.1. The van der Waals surface area contributed by atoms with Crippen molar-refractivity contribution in [1.82, 2.24) is 0 Å². The largest absolute Gasteiger partial charge is 0.478 e. The van der Waals surface area contributed by atoms with Crippen LogP contribution >= 0.6 is 0 Å². The fraction of sp³-hybridized carbons (Fsp3) is 0.269. The molecule has 0 saturated heterocycles. The lowest BCUT2D eigenvalue weighted by Gasteiger charge is -2.31. The van der Waals surface area contributed by atoms with Gasteiger partial charge in [-0.3, -0.25) is 0 Å². The highest BCUT2D eigenvalue weighted by Gasteiger charge is 2.39. The number of ether oxygens (including phenoxy) is 1. The van der Waals surface area contributed by atoms with E-state index in [1.165, 1.54) is 0 Å². The number of aliphatic hydroxyl groups is 1. The molecule has 3 N–H and O–H groups in total. The first-order valence-electron chi connectivity index (χ1n) is 10.4. The van der Waals surface area contributed by atoms with Gasteiger partial charge in [0.25, 0.3) is 0 Å². The molecule has 2 unspecified atom stereocenters. The number of carboxylic acid groups (broad SMARTS) is 1. The van der Waals surface area contributed by atoms with E-state index in [0.29, 0.717) is 12.3 Å². The van der Waals surface area contributed by atoms with Gasteiger partial charge in [-0.25, -0.2) is 4.79 Å². The summed E-state index contributed by atoms with van der Waals surface area (Å²) in [7, 11) is 0. The van der Waals surface area contributed by atoms with E-state index in [0.717, 1.165) is 22.3 Å². The summed E-state index contributed by atoms with van der Waals surface area (Å²) in [6.45, 7) is 4.55. The Morgan fingerprint density at radius 1 is 0.968 bits per heavy atom. The van der Waals surface area contributed by atoms with Crippen molar-refractivity contribution in [3.05, 3.63) is 101 Å². The molecule has 0 spiro atoms. The van der Waals surface area contributed by atoms with Gasteiger partial charge in [0, 0.05) is 18.0 Å². The van der Waals surface area contributed by atoms with E-state index < -0.39 is 11.7 Å². The third-order valence-electron chi connectivity index (χ3n) is 5.54. The third-order valence-corrected chi connectivity index (χ3v) is 5.54. The Balaban J connectivity index is 1.80. The van der Waals surface area contributed by atoms with Crippen molar-refractivity contribution >= 4 is 11.7 Å². The second kappa shape index (κ2) is 10.2. The second-order valence-electron chi connectivity index (χ2n) is 7.85. The molecule has 3 rings (SSSR count).